The Morgan fingerprint density at radius 2 is 1.59 bits per heavy atom. The van der Waals surface area contributed by atoms with Crippen LogP contribution in [0.4, 0.5) is 5.69 Å². The molecule has 0 aromatic heterocycles. The van der Waals surface area contributed by atoms with Crippen molar-refractivity contribution in [3.63, 3.8) is 0 Å². The molecule has 4 aromatic carbocycles. The first kappa shape index (κ1) is 22.6. The van der Waals surface area contributed by atoms with Crippen molar-refractivity contribution in [2.24, 2.45) is 0 Å². The van der Waals surface area contributed by atoms with Crippen molar-refractivity contribution in [3.05, 3.63) is 105 Å². The van der Waals surface area contributed by atoms with Gasteiger partial charge in [-0.25, -0.2) is 8.42 Å². The van der Waals surface area contributed by atoms with Gasteiger partial charge >= 0.3 is 0 Å². The Kier molecular flexibility index (Phi) is 6.68. The number of halogens is 2. The monoisotopic (exact) mass is 576 g/mol. The van der Waals surface area contributed by atoms with Crippen LogP contribution in [0, 0.1) is 3.57 Å². The van der Waals surface area contributed by atoms with Crippen LogP contribution in [0.25, 0.3) is 10.8 Å². The van der Waals surface area contributed by atoms with Gasteiger partial charge in [0.05, 0.1) is 4.90 Å². The first-order chi connectivity index (χ1) is 15.3. The molecule has 0 atom stereocenters. The molecule has 0 bridgehead atoms. The molecule has 0 saturated carbocycles. The minimum atomic E-state index is -3.79. The molecule has 0 aliphatic carbocycles. The third kappa shape index (κ3) is 5.40. The highest BCUT2D eigenvalue weighted by molar-refractivity contribution is 14.1. The summed E-state index contributed by atoms with van der Waals surface area (Å²) in [5.74, 6) is -0.170. The summed E-state index contributed by atoms with van der Waals surface area (Å²) in [6, 6.07) is 24.8. The highest BCUT2D eigenvalue weighted by Crippen LogP contribution is 2.25. The summed E-state index contributed by atoms with van der Waals surface area (Å²) in [5, 5.41) is 4.90. The fourth-order valence-corrected chi connectivity index (χ4v) is 5.71. The lowest BCUT2D eigenvalue weighted by atomic mass is 10.1. The molecule has 0 unspecified atom stereocenters. The number of fused-ring (bicyclic) bond motifs is 1. The molecular weight excluding hydrogens is 559 g/mol. The largest absolute Gasteiger partial charge is 0.348 e. The van der Waals surface area contributed by atoms with E-state index in [0.29, 0.717) is 22.8 Å². The maximum Gasteiger partial charge on any atom is 0.261 e. The van der Waals surface area contributed by atoms with Crippen LogP contribution in [0.5, 0.6) is 0 Å². The van der Waals surface area contributed by atoms with Gasteiger partial charge in [0.1, 0.15) is 0 Å². The zero-order chi connectivity index (χ0) is 22.7. The molecule has 8 heteroatoms. The highest BCUT2D eigenvalue weighted by Gasteiger charge is 2.16. The van der Waals surface area contributed by atoms with Crippen LogP contribution in [0.1, 0.15) is 15.9 Å². The summed E-state index contributed by atoms with van der Waals surface area (Å²) in [4.78, 5) is 12.6. The van der Waals surface area contributed by atoms with Crippen LogP contribution >= 0.6 is 34.2 Å². The van der Waals surface area contributed by atoms with E-state index >= 15 is 0 Å². The number of sulfonamides is 1. The topological polar surface area (TPSA) is 75.3 Å². The number of amides is 1. The maximum atomic E-state index is 12.7. The third-order valence-corrected chi connectivity index (χ3v) is 7.00. The van der Waals surface area contributed by atoms with Crippen LogP contribution in [-0.2, 0) is 16.6 Å². The zero-order valence-electron chi connectivity index (χ0n) is 16.7. The van der Waals surface area contributed by atoms with Crippen molar-refractivity contribution in [2.75, 3.05) is 4.72 Å². The fourth-order valence-electron chi connectivity index (χ4n) is 3.23. The number of nitrogens with one attached hydrogen (secondary N) is 2. The Morgan fingerprint density at radius 3 is 2.34 bits per heavy atom. The first-order valence-electron chi connectivity index (χ1n) is 9.65. The van der Waals surface area contributed by atoms with E-state index in [1.165, 1.54) is 6.07 Å². The minimum Gasteiger partial charge on any atom is -0.348 e. The number of anilines is 1. The molecule has 0 spiro atoms. The maximum absolute atomic E-state index is 12.7. The van der Waals surface area contributed by atoms with Gasteiger partial charge in [0, 0.05) is 26.4 Å². The van der Waals surface area contributed by atoms with Crippen molar-refractivity contribution in [1.82, 2.24) is 5.32 Å². The molecule has 5 nitrogen and oxygen atoms in total. The van der Waals surface area contributed by atoms with Crippen LogP contribution in [0.2, 0.25) is 5.02 Å². The van der Waals surface area contributed by atoms with Crippen LogP contribution in [-0.4, -0.2) is 14.3 Å². The average Bonchev–Trinajstić information content (AvgIpc) is 2.77. The van der Waals surface area contributed by atoms with Gasteiger partial charge in [-0.1, -0.05) is 54.1 Å². The van der Waals surface area contributed by atoms with Gasteiger partial charge in [0.2, 0.25) is 0 Å². The van der Waals surface area contributed by atoms with Gasteiger partial charge in [-0.3, -0.25) is 9.52 Å². The number of carbonyl (C=O) groups is 1. The summed E-state index contributed by atoms with van der Waals surface area (Å²) in [5.41, 5.74) is 1.98. The predicted octanol–water partition coefficient (Wildman–Crippen LogP) is 5.83. The van der Waals surface area contributed by atoms with Gasteiger partial charge in [0.25, 0.3) is 15.9 Å². The summed E-state index contributed by atoms with van der Waals surface area (Å²) in [7, 11) is -3.79. The van der Waals surface area contributed by atoms with E-state index in [4.69, 9.17) is 11.6 Å². The first-order valence-corrected chi connectivity index (χ1v) is 12.6. The molecule has 4 rings (SSSR count). The van der Waals surface area contributed by atoms with Crippen LogP contribution in [0.3, 0.4) is 0 Å². The van der Waals surface area contributed by atoms with E-state index in [-0.39, 0.29) is 10.8 Å². The van der Waals surface area contributed by atoms with Crippen LogP contribution in [0.15, 0.2) is 89.8 Å². The second-order valence-electron chi connectivity index (χ2n) is 7.16. The number of benzene rings is 4. The molecule has 4 aromatic rings. The predicted molar refractivity (Wildman–Crippen MR) is 137 cm³/mol. The zero-order valence-corrected chi connectivity index (χ0v) is 20.4. The SMILES string of the molecule is O=C(NCc1ccccc1)c1ccc2cc(NS(=O)(=O)c3cc(Cl)cc(I)c3)ccc2c1. The van der Waals surface area contributed by atoms with E-state index in [9.17, 15) is 13.2 Å². The number of hydrogen-bond donors (Lipinski definition) is 2. The lowest BCUT2D eigenvalue weighted by Gasteiger charge is -2.11. The smallest absolute Gasteiger partial charge is 0.261 e. The van der Waals surface area contributed by atoms with E-state index in [0.717, 1.165) is 19.9 Å². The molecule has 1 amide bonds. The van der Waals surface area contributed by atoms with Gasteiger partial charge in [0.15, 0.2) is 0 Å². The van der Waals surface area contributed by atoms with Gasteiger partial charge in [-0.15, -0.1) is 0 Å². The molecule has 32 heavy (non-hydrogen) atoms. The standard InChI is InChI=1S/C24H18ClIN2O3S/c25-20-12-21(26)14-23(13-20)32(30,31)28-22-9-8-17-10-19(7-6-18(17)11-22)24(29)27-15-16-4-2-1-3-5-16/h1-14,28H,15H2,(H,27,29). The van der Waals surface area contributed by atoms with Crippen molar-refractivity contribution < 1.29 is 13.2 Å². The molecule has 2 N–H and O–H groups in total. The number of hydrogen-bond acceptors (Lipinski definition) is 3. The second kappa shape index (κ2) is 9.48. The average molecular weight is 577 g/mol. The highest BCUT2D eigenvalue weighted by atomic mass is 127. The lowest BCUT2D eigenvalue weighted by molar-refractivity contribution is 0.0951. The third-order valence-electron chi connectivity index (χ3n) is 4.80. The van der Waals surface area contributed by atoms with Crippen molar-refractivity contribution in [3.8, 4) is 0 Å². The number of carbonyl (C=O) groups excluding carboxylic acids is 1. The van der Waals surface area contributed by atoms with Crippen molar-refractivity contribution in [2.45, 2.75) is 11.4 Å². The van der Waals surface area contributed by atoms with Crippen LogP contribution < -0.4 is 10.0 Å². The fraction of sp³-hybridized carbons (Fsp3) is 0.0417. The Bertz CT molecular complexity index is 1390. The Labute approximate surface area is 205 Å². The van der Waals surface area contributed by atoms with E-state index < -0.39 is 10.0 Å². The minimum absolute atomic E-state index is 0.0972. The molecule has 0 heterocycles. The molecule has 0 aliphatic rings. The lowest BCUT2D eigenvalue weighted by Crippen LogP contribution is -2.22. The second-order valence-corrected chi connectivity index (χ2v) is 10.5. The van der Waals surface area contributed by atoms with Crippen molar-refractivity contribution >= 4 is 66.6 Å². The summed E-state index contributed by atoms with van der Waals surface area (Å²) in [6.07, 6.45) is 0. The molecule has 0 fully saturated rings. The summed E-state index contributed by atoms with van der Waals surface area (Å²) < 4.78 is 28.8. The summed E-state index contributed by atoms with van der Waals surface area (Å²) in [6.45, 7) is 0.445. The van der Waals surface area contributed by atoms with Gasteiger partial charge in [-0.2, -0.15) is 0 Å². The molecule has 162 valence electrons. The van der Waals surface area contributed by atoms with Gasteiger partial charge in [-0.05, 0) is 81.4 Å². The summed E-state index contributed by atoms with van der Waals surface area (Å²) >= 11 is 8.03. The Balaban J connectivity index is 1.52. The van der Waals surface area contributed by atoms with E-state index in [1.54, 1.807) is 48.5 Å². The Morgan fingerprint density at radius 1 is 0.875 bits per heavy atom. The molecule has 0 aliphatic heterocycles. The normalized spacial score (nSPS) is 11.3. The molecule has 0 radical (unpaired) electrons. The van der Waals surface area contributed by atoms with E-state index in [1.807, 2.05) is 52.9 Å². The number of rotatable bonds is 6. The molecule has 0 saturated heterocycles. The quantitative estimate of drug-likeness (QED) is 0.284. The molecular formula is C24H18ClIN2O3S. The van der Waals surface area contributed by atoms with Crippen molar-refractivity contribution in [1.29, 1.82) is 0 Å². The van der Waals surface area contributed by atoms with E-state index in [2.05, 4.69) is 10.0 Å². The Hall–Kier alpha value is -2.62. The van der Waals surface area contributed by atoms with Gasteiger partial charge < -0.3 is 5.32 Å².